The van der Waals surface area contributed by atoms with Gasteiger partial charge in [-0.25, -0.2) is 0 Å². The fourth-order valence-electron chi connectivity index (χ4n) is 3.24. The highest BCUT2D eigenvalue weighted by atomic mass is 16.5. The molecule has 3 heteroatoms. The molecule has 0 unspecified atom stereocenters. The first-order chi connectivity index (χ1) is 9.08. The molecule has 1 saturated carbocycles. The van der Waals surface area contributed by atoms with Gasteiger partial charge >= 0.3 is 0 Å². The standard InChI is InChI=1S/C16H34N2O/c1-15(2)17-13-16(9-6-5-7-10-16)14-18(3)11-8-12-19-4/h15,17H,5-14H2,1-4H3. The number of nitrogens with zero attached hydrogens (tertiary/aromatic N) is 1. The maximum atomic E-state index is 5.15. The lowest BCUT2D eigenvalue weighted by Crippen LogP contribution is -2.46. The Balaban J connectivity index is 2.43. The summed E-state index contributed by atoms with van der Waals surface area (Å²) >= 11 is 0. The highest BCUT2D eigenvalue weighted by Crippen LogP contribution is 2.36. The molecule has 1 rings (SSSR count). The number of ether oxygens (including phenoxy) is 1. The Bertz CT molecular complexity index is 225. The van der Waals surface area contributed by atoms with Crippen molar-refractivity contribution in [3.05, 3.63) is 0 Å². The van der Waals surface area contributed by atoms with Crippen LogP contribution in [0.3, 0.4) is 0 Å². The number of methoxy groups -OCH3 is 1. The molecule has 19 heavy (non-hydrogen) atoms. The van der Waals surface area contributed by atoms with E-state index in [1.54, 1.807) is 7.11 Å². The molecule has 1 aliphatic carbocycles. The summed E-state index contributed by atoms with van der Waals surface area (Å²) in [5.74, 6) is 0. The Morgan fingerprint density at radius 1 is 1.21 bits per heavy atom. The maximum Gasteiger partial charge on any atom is 0.0474 e. The zero-order valence-corrected chi connectivity index (χ0v) is 13.5. The van der Waals surface area contributed by atoms with Gasteiger partial charge in [0.15, 0.2) is 0 Å². The number of rotatable bonds is 9. The molecule has 0 amide bonds. The summed E-state index contributed by atoms with van der Waals surface area (Å²) in [5.41, 5.74) is 0.504. The lowest BCUT2D eigenvalue weighted by Gasteiger charge is -2.41. The highest BCUT2D eigenvalue weighted by molar-refractivity contribution is 4.87. The number of nitrogens with one attached hydrogen (secondary N) is 1. The second-order valence-electron chi connectivity index (χ2n) is 6.68. The average molecular weight is 270 g/mol. The van der Waals surface area contributed by atoms with Gasteiger partial charge in [0.05, 0.1) is 0 Å². The van der Waals surface area contributed by atoms with Crippen LogP contribution in [-0.4, -0.2) is 51.3 Å². The van der Waals surface area contributed by atoms with Crippen LogP contribution >= 0.6 is 0 Å². The third kappa shape index (κ3) is 6.73. The summed E-state index contributed by atoms with van der Waals surface area (Å²) in [5, 5.41) is 3.68. The number of hydrogen-bond acceptors (Lipinski definition) is 3. The molecule has 1 N–H and O–H groups in total. The summed E-state index contributed by atoms with van der Waals surface area (Å²) in [4.78, 5) is 2.51. The fraction of sp³-hybridized carbons (Fsp3) is 1.00. The monoisotopic (exact) mass is 270 g/mol. The Morgan fingerprint density at radius 3 is 2.47 bits per heavy atom. The quantitative estimate of drug-likeness (QED) is 0.652. The summed E-state index contributed by atoms with van der Waals surface area (Å²) in [6.45, 7) is 8.94. The van der Waals surface area contributed by atoms with Gasteiger partial charge in [0.2, 0.25) is 0 Å². The molecule has 0 aromatic carbocycles. The van der Waals surface area contributed by atoms with Crippen molar-refractivity contribution in [3.8, 4) is 0 Å². The summed E-state index contributed by atoms with van der Waals surface area (Å²) in [7, 11) is 4.05. The molecule has 0 atom stereocenters. The van der Waals surface area contributed by atoms with Crippen LogP contribution in [0.4, 0.5) is 0 Å². The van der Waals surface area contributed by atoms with Crippen molar-refractivity contribution < 1.29 is 4.74 Å². The van der Waals surface area contributed by atoms with E-state index < -0.39 is 0 Å². The van der Waals surface area contributed by atoms with E-state index in [1.165, 1.54) is 45.2 Å². The lowest BCUT2D eigenvalue weighted by atomic mass is 9.73. The van der Waals surface area contributed by atoms with Crippen molar-refractivity contribution >= 4 is 0 Å². The predicted molar refractivity (Wildman–Crippen MR) is 82.6 cm³/mol. The molecule has 0 radical (unpaired) electrons. The molecule has 1 fully saturated rings. The van der Waals surface area contributed by atoms with E-state index >= 15 is 0 Å². The normalized spacial score (nSPS) is 19.3. The van der Waals surface area contributed by atoms with Crippen molar-refractivity contribution in [2.24, 2.45) is 5.41 Å². The Morgan fingerprint density at radius 2 is 1.89 bits per heavy atom. The van der Waals surface area contributed by atoms with Crippen molar-refractivity contribution in [2.75, 3.05) is 40.4 Å². The molecule has 0 heterocycles. The van der Waals surface area contributed by atoms with E-state index in [2.05, 4.69) is 31.1 Å². The second-order valence-corrected chi connectivity index (χ2v) is 6.68. The molecule has 0 aliphatic heterocycles. The van der Waals surface area contributed by atoms with Crippen molar-refractivity contribution in [1.29, 1.82) is 0 Å². The SMILES string of the molecule is COCCCN(C)CC1(CNC(C)C)CCCCC1. The first-order valence-electron chi connectivity index (χ1n) is 7.99. The Kier molecular flexibility index (Phi) is 7.96. The molecule has 0 bridgehead atoms. The molecule has 114 valence electrons. The van der Waals surface area contributed by atoms with Crippen LogP contribution in [0.15, 0.2) is 0 Å². The Labute approximate surface area is 120 Å². The van der Waals surface area contributed by atoms with Crippen molar-refractivity contribution in [1.82, 2.24) is 10.2 Å². The van der Waals surface area contributed by atoms with Crippen LogP contribution < -0.4 is 5.32 Å². The van der Waals surface area contributed by atoms with Gasteiger partial charge in [0, 0.05) is 39.4 Å². The van der Waals surface area contributed by atoms with E-state index in [0.717, 1.165) is 19.6 Å². The minimum Gasteiger partial charge on any atom is -0.385 e. The van der Waals surface area contributed by atoms with Crippen LogP contribution in [0.1, 0.15) is 52.4 Å². The van der Waals surface area contributed by atoms with Gasteiger partial charge in [-0.15, -0.1) is 0 Å². The van der Waals surface area contributed by atoms with Crippen molar-refractivity contribution in [3.63, 3.8) is 0 Å². The zero-order chi connectivity index (χ0) is 14.1. The highest BCUT2D eigenvalue weighted by Gasteiger charge is 2.32. The third-order valence-electron chi connectivity index (χ3n) is 4.29. The molecule has 0 aromatic rings. The zero-order valence-electron chi connectivity index (χ0n) is 13.5. The van der Waals surface area contributed by atoms with E-state index in [0.29, 0.717) is 11.5 Å². The average Bonchev–Trinajstić information content (AvgIpc) is 2.38. The van der Waals surface area contributed by atoms with E-state index in [1.807, 2.05) is 0 Å². The van der Waals surface area contributed by atoms with Gasteiger partial charge in [-0.05, 0) is 31.7 Å². The first kappa shape index (κ1) is 16.9. The van der Waals surface area contributed by atoms with Crippen LogP contribution in [0.2, 0.25) is 0 Å². The van der Waals surface area contributed by atoms with Gasteiger partial charge in [-0.2, -0.15) is 0 Å². The maximum absolute atomic E-state index is 5.15. The molecule has 0 spiro atoms. The number of hydrogen-bond donors (Lipinski definition) is 1. The van der Waals surface area contributed by atoms with Gasteiger partial charge in [0.1, 0.15) is 0 Å². The Hall–Kier alpha value is -0.120. The van der Waals surface area contributed by atoms with Gasteiger partial charge in [-0.1, -0.05) is 33.1 Å². The molecule has 0 aromatic heterocycles. The molecule has 0 saturated heterocycles. The minimum absolute atomic E-state index is 0.504. The van der Waals surface area contributed by atoms with Crippen LogP contribution in [0, 0.1) is 5.41 Å². The first-order valence-corrected chi connectivity index (χ1v) is 7.99. The largest absolute Gasteiger partial charge is 0.385 e. The van der Waals surface area contributed by atoms with E-state index in [9.17, 15) is 0 Å². The van der Waals surface area contributed by atoms with E-state index in [4.69, 9.17) is 4.74 Å². The van der Waals surface area contributed by atoms with Crippen LogP contribution in [0.5, 0.6) is 0 Å². The second kappa shape index (κ2) is 8.93. The fourth-order valence-corrected chi connectivity index (χ4v) is 3.24. The van der Waals surface area contributed by atoms with Gasteiger partial charge < -0.3 is 15.0 Å². The molecule has 3 nitrogen and oxygen atoms in total. The third-order valence-corrected chi connectivity index (χ3v) is 4.29. The van der Waals surface area contributed by atoms with Gasteiger partial charge in [-0.3, -0.25) is 0 Å². The van der Waals surface area contributed by atoms with Crippen molar-refractivity contribution in [2.45, 2.75) is 58.4 Å². The van der Waals surface area contributed by atoms with Gasteiger partial charge in [0.25, 0.3) is 0 Å². The van der Waals surface area contributed by atoms with Crippen LogP contribution in [0.25, 0.3) is 0 Å². The smallest absolute Gasteiger partial charge is 0.0474 e. The summed E-state index contributed by atoms with van der Waals surface area (Å²) < 4.78 is 5.15. The topological polar surface area (TPSA) is 24.5 Å². The molecule has 1 aliphatic rings. The molecular formula is C16H34N2O. The molecular weight excluding hydrogens is 236 g/mol. The van der Waals surface area contributed by atoms with E-state index in [-0.39, 0.29) is 0 Å². The predicted octanol–water partition coefficient (Wildman–Crippen LogP) is 2.90. The summed E-state index contributed by atoms with van der Waals surface area (Å²) in [6, 6.07) is 0.595. The van der Waals surface area contributed by atoms with Crippen LogP contribution in [-0.2, 0) is 4.74 Å². The lowest BCUT2D eigenvalue weighted by molar-refractivity contribution is 0.106. The summed E-state index contributed by atoms with van der Waals surface area (Å²) in [6.07, 6.45) is 8.16. The minimum atomic E-state index is 0.504.